The minimum atomic E-state index is -3.24. The summed E-state index contributed by atoms with van der Waals surface area (Å²) in [6.45, 7) is 2.16. The lowest BCUT2D eigenvalue weighted by Crippen LogP contribution is -2.25. The largest absolute Gasteiger partial charge is 0.461 e. The number of hydrogen-bond acceptors (Lipinski definition) is 5. The highest BCUT2D eigenvalue weighted by molar-refractivity contribution is 7.89. The van der Waals surface area contributed by atoms with E-state index >= 15 is 0 Å². The van der Waals surface area contributed by atoms with Crippen molar-refractivity contribution in [1.29, 1.82) is 0 Å². The monoisotopic (exact) mass is 327 g/mol. The van der Waals surface area contributed by atoms with E-state index in [-0.39, 0.29) is 23.8 Å². The van der Waals surface area contributed by atoms with Gasteiger partial charge in [-0.25, -0.2) is 13.1 Å². The molecule has 0 aliphatic heterocycles. The number of thiophene rings is 1. The van der Waals surface area contributed by atoms with Crippen molar-refractivity contribution < 1.29 is 17.6 Å². The lowest BCUT2D eigenvalue weighted by atomic mass is 10.2. The Bertz CT molecular complexity index is 686. The van der Waals surface area contributed by atoms with Crippen LogP contribution in [0.4, 0.5) is 0 Å². The second-order valence-corrected chi connectivity index (χ2v) is 7.66. The smallest absolute Gasteiger partial charge is 0.238 e. The number of rotatable bonds is 8. The molecule has 0 aliphatic rings. The van der Waals surface area contributed by atoms with Gasteiger partial charge in [-0.1, -0.05) is 13.3 Å². The Balaban J connectivity index is 1.96. The zero-order valence-corrected chi connectivity index (χ0v) is 13.3. The van der Waals surface area contributed by atoms with Gasteiger partial charge in [0.25, 0.3) is 0 Å². The Hall–Kier alpha value is -1.44. The molecule has 21 heavy (non-hydrogen) atoms. The normalized spacial score (nSPS) is 11.7. The van der Waals surface area contributed by atoms with E-state index in [1.165, 1.54) is 17.6 Å². The van der Waals surface area contributed by atoms with Gasteiger partial charge in [0.05, 0.1) is 16.9 Å². The van der Waals surface area contributed by atoms with Crippen LogP contribution in [0, 0.1) is 0 Å². The van der Waals surface area contributed by atoms with Gasteiger partial charge >= 0.3 is 0 Å². The van der Waals surface area contributed by atoms with Crippen LogP contribution in [0.2, 0.25) is 0 Å². The molecule has 0 aromatic carbocycles. The van der Waals surface area contributed by atoms with Crippen LogP contribution in [0.25, 0.3) is 0 Å². The fraction of sp³-hybridized carbons (Fsp3) is 0.357. The molecule has 0 bridgehead atoms. The number of furan rings is 1. The highest BCUT2D eigenvalue weighted by atomic mass is 32.2. The first-order valence-electron chi connectivity index (χ1n) is 6.66. The maximum atomic E-state index is 12.0. The first-order chi connectivity index (χ1) is 10.0. The third kappa shape index (κ3) is 4.52. The molecule has 0 saturated carbocycles. The van der Waals surface area contributed by atoms with E-state index in [0.29, 0.717) is 11.3 Å². The average molecular weight is 327 g/mol. The molecule has 7 heteroatoms. The lowest BCUT2D eigenvalue weighted by Gasteiger charge is -2.04. The molecule has 0 saturated heterocycles. The SMILES string of the molecule is CCCCS(=O)(=O)NCc1ccc(C(=O)c2ccco2)s1. The van der Waals surface area contributed by atoms with E-state index in [1.54, 1.807) is 24.3 Å². The van der Waals surface area contributed by atoms with Gasteiger partial charge in [-0.05, 0) is 30.7 Å². The predicted molar refractivity (Wildman–Crippen MR) is 82.0 cm³/mol. The molecule has 2 heterocycles. The summed E-state index contributed by atoms with van der Waals surface area (Å²) >= 11 is 1.27. The van der Waals surface area contributed by atoms with Crippen LogP contribution in [0.1, 0.15) is 40.1 Å². The van der Waals surface area contributed by atoms with Crippen molar-refractivity contribution in [1.82, 2.24) is 4.72 Å². The van der Waals surface area contributed by atoms with Gasteiger partial charge in [0.2, 0.25) is 15.8 Å². The fourth-order valence-electron chi connectivity index (χ4n) is 1.71. The van der Waals surface area contributed by atoms with Crippen molar-refractivity contribution in [3.63, 3.8) is 0 Å². The zero-order chi connectivity index (χ0) is 15.3. The minimum absolute atomic E-state index is 0.132. The number of sulfonamides is 1. The van der Waals surface area contributed by atoms with Crippen molar-refractivity contribution >= 4 is 27.1 Å². The van der Waals surface area contributed by atoms with Crippen LogP contribution in [-0.4, -0.2) is 20.0 Å². The molecule has 0 radical (unpaired) electrons. The zero-order valence-electron chi connectivity index (χ0n) is 11.7. The van der Waals surface area contributed by atoms with Crippen molar-refractivity contribution in [2.75, 3.05) is 5.75 Å². The summed E-state index contributed by atoms with van der Waals surface area (Å²) in [6.07, 6.45) is 2.92. The minimum Gasteiger partial charge on any atom is -0.461 e. The summed E-state index contributed by atoms with van der Waals surface area (Å²) in [5.41, 5.74) is 0. The average Bonchev–Trinajstić information content (AvgIpc) is 3.13. The Morgan fingerprint density at radius 1 is 1.33 bits per heavy atom. The van der Waals surface area contributed by atoms with Gasteiger partial charge in [0, 0.05) is 11.4 Å². The Labute approximate surface area is 128 Å². The third-order valence-corrected chi connectivity index (χ3v) is 5.36. The van der Waals surface area contributed by atoms with E-state index in [4.69, 9.17) is 4.42 Å². The van der Waals surface area contributed by atoms with Crippen molar-refractivity contribution in [2.24, 2.45) is 0 Å². The van der Waals surface area contributed by atoms with Crippen molar-refractivity contribution in [3.8, 4) is 0 Å². The van der Waals surface area contributed by atoms with Gasteiger partial charge in [-0.2, -0.15) is 0 Å². The molecule has 0 spiro atoms. The Morgan fingerprint density at radius 3 is 2.81 bits per heavy atom. The number of unbranched alkanes of at least 4 members (excludes halogenated alkanes) is 1. The van der Waals surface area contributed by atoms with Gasteiger partial charge in [0.1, 0.15) is 0 Å². The number of nitrogens with one attached hydrogen (secondary N) is 1. The van der Waals surface area contributed by atoms with Crippen LogP contribution in [0.5, 0.6) is 0 Å². The summed E-state index contributed by atoms with van der Waals surface area (Å²) in [4.78, 5) is 13.4. The molecule has 0 atom stereocenters. The molecule has 2 aromatic heterocycles. The van der Waals surface area contributed by atoms with Crippen LogP contribution in [-0.2, 0) is 16.6 Å². The molecule has 5 nitrogen and oxygen atoms in total. The summed E-state index contributed by atoms with van der Waals surface area (Å²) in [6, 6.07) is 6.70. The molecule has 2 aromatic rings. The number of ketones is 1. The fourth-order valence-corrected chi connectivity index (χ4v) is 3.88. The molecule has 0 aliphatic carbocycles. The van der Waals surface area contributed by atoms with Gasteiger partial charge < -0.3 is 4.42 Å². The van der Waals surface area contributed by atoms with Crippen LogP contribution >= 0.6 is 11.3 Å². The van der Waals surface area contributed by atoms with Gasteiger partial charge in [-0.3, -0.25) is 4.79 Å². The molecule has 114 valence electrons. The van der Waals surface area contributed by atoms with E-state index in [1.807, 2.05) is 6.92 Å². The molecular weight excluding hydrogens is 310 g/mol. The van der Waals surface area contributed by atoms with Crippen molar-refractivity contribution in [3.05, 3.63) is 46.0 Å². The molecule has 0 unspecified atom stereocenters. The number of hydrogen-bond donors (Lipinski definition) is 1. The third-order valence-electron chi connectivity index (χ3n) is 2.86. The number of carbonyl (C=O) groups excluding carboxylic acids is 1. The van der Waals surface area contributed by atoms with Crippen LogP contribution in [0.3, 0.4) is 0 Å². The van der Waals surface area contributed by atoms with Crippen molar-refractivity contribution in [2.45, 2.75) is 26.3 Å². The van der Waals surface area contributed by atoms with E-state index in [0.717, 1.165) is 11.3 Å². The van der Waals surface area contributed by atoms with Gasteiger partial charge in [-0.15, -0.1) is 11.3 Å². The number of carbonyl (C=O) groups is 1. The lowest BCUT2D eigenvalue weighted by molar-refractivity contribution is 0.101. The standard InChI is InChI=1S/C14H17NO4S2/c1-2-3-9-21(17,18)15-10-11-6-7-13(20-11)14(16)12-5-4-8-19-12/h4-8,15H,2-3,9-10H2,1H3. The Morgan fingerprint density at radius 2 is 2.14 bits per heavy atom. The van der Waals surface area contributed by atoms with Crippen LogP contribution < -0.4 is 4.72 Å². The highest BCUT2D eigenvalue weighted by Gasteiger charge is 2.15. The molecule has 2 rings (SSSR count). The highest BCUT2D eigenvalue weighted by Crippen LogP contribution is 2.20. The Kier molecular flexibility index (Phi) is 5.33. The first kappa shape index (κ1) is 15.9. The molecule has 0 fully saturated rings. The maximum absolute atomic E-state index is 12.0. The maximum Gasteiger partial charge on any atom is 0.238 e. The van der Waals surface area contributed by atoms with Crippen LogP contribution in [0.15, 0.2) is 34.9 Å². The summed E-state index contributed by atoms with van der Waals surface area (Å²) in [5.74, 6) is 0.226. The topological polar surface area (TPSA) is 76.4 Å². The second kappa shape index (κ2) is 7.02. The summed E-state index contributed by atoms with van der Waals surface area (Å²) < 4.78 is 31.0. The summed E-state index contributed by atoms with van der Waals surface area (Å²) in [7, 11) is -3.24. The predicted octanol–water partition coefficient (Wildman–Crippen LogP) is 2.79. The molecule has 1 N–H and O–H groups in total. The summed E-state index contributed by atoms with van der Waals surface area (Å²) in [5, 5.41) is 0. The van der Waals surface area contributed by atoms with E-state index < -0.39 is 10.0 Å². The molecule has 0 amide bonds. The first-order valence-corrected chi connectivity index (χ1v) is 9.13. The van der Waals surface area contributed by atoms with E-state index in [2.05, 4.69) is 4.72 Å². The van der Waals surface area contributed by atoms with E-state index in [9.17, 15) is 13.2 Å². The molecular formula is C14H17NO4S2. The van der Waals surface area contributed by atoms with Gasteiger partial charge in [0.15, 0.2) is 5.76 Å². The quantitative estimate of drug-likeness (QED) is 0.756. The second-order valence-electron chi connectivity index (χ2n) is 4.57.